The molecule has 1 aromatic carbocycles. The standard InChI is InChI=1S/C14H11Cl2NO/c1-9-5-6-10(17-8-9)7-13(18)11-3-2-4-12(15)14(11)16/h2-6,8H,7H2,1H3. The highest BCUT2D eigenvalue weighted by atomic mass is 35.5. The van der Waals surface area contributed by atoms with Crippen LogP contribution in [0.4, 0.5) is 0 Å². The van der Waals surface area contributed by atoms with Crippen molar-refractivity contribution in [1.29, 1.82) is 0 Å². The number of Topliss-reactive ketones (excluding diaryl/α,β-unsaturated/α-hetero) is 1. The Balaban J connectivity index is 2.22. The van der Waals surface area contributed by atoms with Gasteiger partial charge in [-0.15, -0.1) is 0 Å². The minimum absolute atomic E-state index is 0.0844. The zero-order valence-electron chi connectivity index (χ0n) is 9.78. The first-order valence-electron chi connectivity index (χ1n) is 5.46. The fourth-order valence-corrected chi connectivity index (χ4v) is 1.99. The van der Waals surface area contributed by atoms with Gasteiger partial charge in [0.05, 0.1) is 16.5 Å². The number of hydrogen-bond donors (Lipinski definition) is 0. The van der Waals surface area contributed by atoms with Crippen LogP contribution in [0.5, 0.6) is 0 Å². The molecule has 0 bridgehead atoms. The van der Waals surface area contributed by atoms with Crippen molar-refractivity contribution in [3.8, 4) is 0 Å². The zero-order valence-corrected chi connectivity index (χ0v) is 11.3. The first kappa shape index (κ1) is 13.1. The number of halogens is 2. The summed E-state index contributed by atoms with van der Waals surface area (Å²) in [5, 5.41) is 0.690. The van der Waals surface area contributed by atoms with Gasteiger partial charge in [-0.3, -0.25) is 9.78 Å². The van der Waals surface area contributed by atoms with Gasteiger partial charge in [-0.25, -0.2) is 0 Å². The molecular formula is C14H11Cl2NO. The average molecular weight is 280 g/mol. The van der Waals surface area contributed by atoms with Gasteiger partial charge in [-0.1, -0.05) is 35.3 Å². The lowest BCUT2D eigenvalue weighted by Crippen LogP contribution is -2.06. The Bertz CT molecular complexity index is 579. The lowest BCUT2D eigenvalue weighted by atomic mass is 10.1. The van der Waals surface area contributed by atoms with Gasteiger partial charge in [0.25, 0.3) is 0 Å². The van der Waals surface area contributed by atoms with Gasteiger partial charge in [0.1, 0.15) is 0 Å². The molecule has 0 spiro atoms. The van der Waals surface area contributed by atoms with Crippen LogP contribution in [-0.4, -0.2) is 10.8 Å². The van der Waals surface area contributed by atoms with Gasteiger partial charge in [0, 0.05) is 17.5 Å². The number of carbonyl (C=O) groups is 1. The van der Waals surface area contributed by atoms with Gasteiger partial charge in [-0.2, -0.15) is 0 Å². The normalized spacial score (nSPS) is 10.4. The van der Waals surface area contributed by atoms with Crippen LogP contribution in [0.1, 0.15) is 21.6 Å². The summed E-state index contributed by atoms with van der Waals surface area (Å²) in [4.78, 5) is 16.3. The van der Waals surface area contributed by atoms with Crippen molar-refractivity contribution in [3.63, 3.8) is 0 Å². The predicted octanol–water partition coefficient (Wildman–Crippen LogP) is 4.12. The van der Waals surface area contributed by atoms with E-state index in [9.17, 15) is 4.79 Å². The van der Waals surface area contributed by atoms with Crippen LogP contribution >= 0.6 is 23.2 Å². The largest absolute Gasteiger partial charge is 0.294 e. The van der Waals surface area contributed by atoms with E-state index in [1.807, 2.05) is 19.1 Å². The van der Waals surface area contributed by atoms with Gasteiger partial charge in [0.15, 0.2) is 5.78 Å². The Labute approximate surface area is 116 Å². The highest BCUT2D eigenvalue weighted by molar-refractivity contribution is 6.43. The number of hydrogen-bond acceptors (Lipinski definition) is 2. The van der Waals surface area contributed by atoms with Crippen LogP contribution in [0.3, 0.4) is 0 Å². The number of aromatic nitrogens is 1. The molecule has 1 heterocycles. The molecule has 0 unspecified atom stereocenters. The average Bonchev–Trinajstić information content (AvgIpc) is 2.35. The van der Waals surface area contributed by atoms with Crippen molar-refractivity contribution >= 4 is 29.0 Å². The van der Waals surface area contributed by atoms with Crippen molar-refractivity contribution in [2.75, 3.05) is 0 Å². The Kier molecular flexibility index (Phi) is 4.00. The fraction of sp³-hybridized carbons (Fsp3) is 0.143. The maximum absolute atomic E-state index is 12.1. The SMILES string of the molecule is Cc1ccc(CC(=O)c2cccc(Cl)c2Cl)nc1. The van der Waals surface area contributed by atoms with Crippen LogP contribution in [-0.2, 0) is 6.42 Å². The van der Waals surface area contributed by atoms with E-state index in [1.54, 1.807) is 24.4 Å². The Morgan fingerprint density at radius 2 is 2.00 bits per heavy atom. The molecule has 2 nitrogen and oxygen atoms in total. The summed E-state index contributed by atoms with van der Waals surface area (Å²) in [5.41, 5.74) is 2.22. The van der Waals surface area contributed by atoms with E-state index in [0.717, 1.165) is 11.3 Å². The third-order valence-corrected chi connectivity index (χ3v) is 3.39. The van der Waals surface area contributed by atoms with Gasteiger partial charge in [-0.05, 0) is 30.7 Å². The molecule has 0 atom stereocenters. The number of pyridine rings is 1. The topological polar surface area (TPSA) is 30.0 Å². The third-order valence-electron chi connectivity index (χ3n) is 2.57. The van der Waals surface area contributed by atoms with E-state index >= 15 is 0 Å². The molecule has 2 aromatic rings. The fourth-order valence-electron chi connectivity index (χ4n) is 1.58. The van der Waals surface area contributed by atoms with Crippen LogP contribution in [0.15, 0.2) is 36.5 Å². The molecular weight excluding hydrogens is 269 g/mol. The molecule has 4 heteroatoms. The second-order valence-corrected chi connectivity index (χ2v) is 4.81. The highest BCUT2D eigenvalue weighted by Gasteiger charge is 2.13. The minimum Gasteiger partial charge on any atom is -0.294 e. The molecule has 0 fully saturated rings. The van der Waals surface area contributed by atoms with Gasteiger partial charge < -0.3 is 0 Å². The number of benzene rings is 1. The molecule has 0 saturated carbocycles. The Morgan fingerprint density at radius 3 is 2.67 bits per heavy atom. The van der Waals surface area contributed by atoms with E-state index in [2.05, 4.69) is 4.98 Å². The Morgan fingerprint density at radius 1 is 1.22 bits per heavy atom. The van der Waals surface area contributed by atoms with Crippen molar-refractivity contribution in [2.45, 2.75) is 13.3 Å². The molecule has 92 valence electrons. The number of nitrogens with zero attached hydrogens (tertiary/aromatic N) is 1. The third kappa shape index (κ3) is 2.89. The summed E-state index contributed by atoms with van der Waals surface area (Å²) in [6.45, 7) is 1.95. The molecule has 1 aromatic heterocycles. The van der Waals surface area contributed by atoms with Crippen LogP contribution in [0.2, 0.25) is 10.0 Å². The summed E-state index contributed by atoms with van der Waals surface area (Å²) in [7, 11) is 0. The van der Waals surface area contributed by atoms with Crippen LogP contribution in [0, 0.1) is 6.92 Å². The lowest BCUT2D eigenvalue weighted by Gasteiger charge is -2.05. The van der Waals surface area contributed by atoms with Crippen molar-refractivity contribution in [3.05, 3.63) is 63.4 Å². The maximum atomic E-state index is 12.1. The number of ketones is 1. The van der Waals surface area contributed by atoms with Crippen molar-refractivity contribution in [1.82, 2.24) is 4.98 Å². The minimum atomic E-state index is -0.0844. The van der Waals surface area contributed by atoms with Gasteiger partial charge in [0.2, 0.25) is 0 Å². The number of carbonyl (C=O) groups excluding carboxylic acids is 1. The van der Waals surface area contributed by atoms with Crippen molar-refractivity contribution < 1.29 is 4.79 Å². The summed E-state index contributed by atoms with van der Waals surface area (Å²) in [5.74, 6) is -0.0844. The first-order chi connectivity index (χ1) is 8.58. The zero-order chi connectivity index (χ0) is 13.1. The lowest BCUT2D eigenvalue weighted by molar-refractivity contribution is 0.0992. The molecule has 0 aliphatic rings. The second-order valence-electron chi connectivity index (χ2n) is 4.03. The first-order valence-corrected chi connectivity index (χ1v) is 6.22. The van der Waals surface area contributed by atoms with E-state index in [1.165, 1.54) is 0 Å². The molecule has 0 aliphatic heterocycles. The molecule has 0 amide bonds. The molecule has 0 aliphatic carbocycles. The quantitative estimate of drug-likeness (QED) is 0.791. The monoisotopic (exact) mass is 279 g/mol. The van der Waals surface area contributed by atoms with Crippen molar-refractivity contribution in [2.24, 2.45) is 0 Å². The maximum Gasteiger partial charge on any atom is 0.170 e. The molecule has 0 saturated heterocycles. The summed E-state index contributed by atoms with van der Waals surface area (Å²) in [6, 6.07) is 8.81. The Hall–Kier alpha value is -1.38. The summed E-state index contributed by atoms with van der Waals surface area (Å²) in [6.07, 6.45) is 1.96. The molecule has 0 radical (unpaired) electrons. The molecule has 2 rings (SSSR count). The summed E-state index contributed by atoms with van der Waals surface area (Å²) >= 11 is 11.9. The molecule has 0 N–H and O–H groups in total. The van der Waals surface area contributed by atoms with Crippen LogP contribution < -0.4 is 0 Å². The smallest absolute Gasteiger partial charge is 0.170 e. The summed E-state index contributed by atoms with van der Waals surface area (Å²) < 4.78 is 0. The predicted molar refractivity (Wildman–Crippen MR) is 73.5 cm³/mol. The van der Waals surface area contributed by atoms with E-state index in [4.69, 9.17) is 23.2 Å². The second kappa shape index (κ2) is 5.51. The van der Waals surface area contributed by atoms with E-state index < -0.39 is 0 Å². The number of rotatable bonds is 3. The van der Waals surface area contributed by atoms with Gasteiger partial charge >= 0.3 is 0 Å². The molecule has 18 heavy (non-hydrogen) atoms. The van der Waals surface area contributed by atoms with E-state index in [0.29, 0.717) is 15.6 Å². The highest BCUT2D eigenvalue weighted by Crippen LogP contribution is 2.26. The van der Waals surface area contributed by atoms with Crippen LogP contribution in [0.25, 0.3) is 0 Å². The van der Waals surface area contributed by atoms with E-state index in [-0.39, 0.29) is 12.2 Å². The number of aryl methyl sites for hydroxylation is 1.